The fourth-order valence-electron chi connectivity index (χ4n) is 3.76. The van der Waals surface area contributed by atoms with Crippen molar-refractivity contribution in [3.63, 3.8) is 0 Å². The number of halogens is 2. The quantitative estimate of drug-likeness (QED) is 0.635. The van der Waals surface area contributed by atoms with Gasteiger partial charge in [0.2, 0.25) is 0 Å². The molecule has 1 aliphatic rings. The fraction of sp³-hybridized carbons (Fsp3) is 0.364. The molecule has 0 atom stereocenters. The second-order valence-electron chi connectivity index (χ2n) is 7.30. The standard InChI is InChI=1S/C22H24Cl2N4O2/c1-3-17-21(28-13-16(23)5-7-19(28)26-17)22(29)25-12-15-4-6-18(20(24)14(15)2)27-8-10-30-11-9-27/h4-7,13H,3,8-12H2,1-2H3,(H,25,29). The molecule has 3 heterocycles. The van der Waals surface area contributed by atoms with Crippen LogP contribution in [0.1, 0.15) is 34.2 Å². The molecule has 4 rings (SSSR count). The lowest BCUT2D eigenvalue weighted by Gasteiger charge is -2.30. The Balaban J connectivity index is 1.55. The van der Waals surface area contributed by atoms with Crippen molar-refractivity contribution in [2.75, 3.05) is 31.2 Å². The molecule has 1 amide bonds. The van der Waals surface area contributed by atoms with Crippen molar-refractivity contribution in [3.05, 3.63) is 63.0 Å². The zero-order valence-corrected chi connectivity index (χ0v) is 18.6. The molecule has 0 saturated carbocycles. The predicted octanol–water partition coefficient (Wildman–Crippen LogP) is 4.28. The summed E-state index contributed by atoms with van der Waals surface area (Å²) in [6, 6.07) is 7.63. The number of ether oxygens (including phenoxy) is 1. The largest absolute Gasteiger partial charge is 0.378 e. The van der Waals surface area contributed by atoms with Crippen LogP contribution in [0, 0.1) is 6.92 Å². The molecule has 1 fully saturated rings. The minimum Gasteiger partial charge on any atom is -0.378 e. The molecule has 8 heteroatoms. The summed E-state index contributed by atoms with van der Waals surface area (Å²) in [5.41, 5.74) is 4.93. The number of carbonyl (C=O) groups is 1. The number of amides is 1. The average molecular weight is 447 g/mol. The van der Waals surface area contributed by atoms with E-state index in [4.69, 9.17) is 27.9 Å². The summed E-state index contributed by atoms with van der Waals surface area (Å²) in [6.45, 7) is 7.41. The number of carbonyl (C=O) groups excluding carboxylic acids is 1. The minimum atomic E-state index is -0.186. The number of nitrogens with one attached hydrogen (secondary N) is 1. The normalized spacial score (nSPS) is 14.3. The molecule has 158 valence electrons. The van der Waals surface area contributed by atoms with Crippen LogP contribution >= 0.6 is 23.2 Å². The number of hydrogen-bond donors (Lipinski definition) is 1. The van der Waals surface area contributed by atoms with E-state index in [1.165, 1.54) is 0 Å². The van der Waals surface area contributed by atoms with Crippen molar-refractivity contribution >= 4 is 40.4 Å². The number of fused-ring (bicyclic) bond motifs is 1. The molecule has 1 aliphatic heterocycles. The summed E-state index contributed by atoms with van der Waals surface area (Å²) in [5, 5.41) is 4.30. The van der Waals surface area contributed by atoms with Crippen molar-refractivity contribution in [1.29, 1.82) is 0 Å². The van der Waals surface area contributed by atoms with Gasteiger partial charge in [-0.3, -0.25) is 9.20 Å². The zero-order chi connectivity index (χ0) is 21.3. The van der Waals surface area contributed by atoms with E-state index >= 15 is 0 Å². The second kappa shape index (κ2) is 8.84. The molecular weight excluding hydrogens is 423 g/mol. The van der Waals surface area contributed by atoms with E-state index in [0.29, 0.717) is 42.5 Å². The van der Waals surface area contributed by atoms with Gasteiger partial charge in [-0.2, -0.15) is 0 Å². The highest BCUT2D eigenvalue weighted by molar-refractivity contribution is 6.34. The van der Waals surface area contributed by atoms with Crippen LogP contribution in [0.25, 0.3) is 5.65 Å². The number of pyridine rings is 1. The fourth-order valence-corrected chi connectivity index (χ4v) is 4.23. The number of morpholine rings is 1. The molecule has 0 unspecified atom stereocenters. The number of aryl methyl sites for hydroxylation is 1. The third-order valence-electron chi connectivity index (χ3n) is 5.47. The number of anilines is 1. The number of aromatic nitrogens is 2. The van der Waals surface area contributed by atoms with Crippen molar-refractivity contribution in [2.24, 2.45) is 0 Å². The molecule has 0 bridgehead atoms. The Bertz CT molecular complexity index is 1090. The van der Waals surface area contributed by atoms with Crippen LogP contribution in [0.15, 0.2) is 30.5 Å². The summed E-state index contributed by atoms with van der Waals surface area (Å²) in [7, 11) is 0. The van der Waals surface area contributed by atoms with Gasteiger partial charge in [-0.25, -0.2) is 4.98 Å². The maximum atomic E-state index is 13.0. The maximum absolute atomic E-state index is 13.0. The molecule has 1 N–H and O–H groups in total. The Kier molecular flexibility index (Phi) is 6.18. The van der Waals surface area contributed by atoms with Gasteiger partial charge in [-0.05, 0) is 42.7 Å². The van der Waals surface area contributed by atoms with Gasteiger partial charge in [-0.15, -0.1) is 0 Å². The van der Waals surface area contributed by atoms with Crippen molar-refractivity contribution in [1.82, 2.24) is 14.7 Å². The van der Waals surface area contributed by atoms with E-state index in [1.807, 2.05) is 32.0 Å². The Morgan fingerprint density at radius 1 is 1.20 bits per heavy atom. The number of nitrogens with zero attached hydrogens (tertiary/aromatic N) is 3. The first kappa shape index (κ1) is 21.0. The van der Waals surface area contributed by atoms with Crippen molar-refractivity contribution in [3.8, 4) is 0 Å². The van der Waals surface area contributed by atoms with Crippen LogP contribution < -0.4 is 10.2 Å². The van der Waals surface area contributed by atoms with Gasteiger partial charge in [0, 0.05) is 25.8 Å². The Hall–Kier alpha value is -2.28. The van der Waals surface area contributed by atoms with Crippen molar-refractivity contribution < 1.29 is 9.53 Å². The van der Waals surface area contributed by atoms with Crippen LogP contribution in [0.3, 0.4) is 0 Å². The molecule has 2 aromatic heterocycles. The van der Waals surface area contributed by atoms with E-state index in [9.17, 15) is 4.79 Å². The van der Waals surface area contributed by atoms with Gasteiger partial charge >= 0.3 is 0 Å². The van der Waals surface area contributed by atoms with Crippen LogP contribution in [0.2, 0.25) is 10.0 Å². The predicted molar refractivity (Wildman–Crippen MR) is 120 cm³/mol. The van der Waals surface area contributed by atoms with E-state index in [1.54, 1.807) is 16.7 Å². The van der Waals surface area contributed by atoms with Gasteiger partial charge in [0.1, 0.15) is 11.3 Å². The van der Waals surface area contributed by atoms with Gasteiger partial charge in [0.15, 0.2) is 0 Å². The minimum absolute atomic E-state index is 0.186. The number of hydrogen-bond acceptors (Lipinski definition) is 4. The average Bonchev–Trinajstić information content (AvgIpc) is 3.13. The lowest BCUT2D eigenvalue weighted by Crippen LogP contribution is -2.36. The Morgan fingerprint density at radius 3 is 2.70 bits per heavy atom. The van der Waals surface area contributed by atoms with Gasteiger partial charge < -0.3 is 15.0 Å². The van der Waals surface area contributed by atoms with E-state index < -0.39 is 0 Å². The Labute approximate surface area is 185 Å². The SMILES string of the molecule is CCc1nc2ccc(Cl)cn2c1C(=O)NCc1ccc(N2CCOCC2)c(Cl)c1C. The highest BCUT2D eigenvalue weighted by atomic mass is 35.5. The summed E-state index contributed by atoms with van der Waals surface area (Å²) in [6.07, 6.45) is 2.37. The van der Waals surface area contributed by atoms with E-state index in [2.05, 4.69) is 15.2 Å². The van der Waals surface area contributed by atoms with Gasteiger partial charge in [0.05, 0.1) is 34.6 Å². The number of benzene rings is 1. The van der Waals surface area contributed by atoms with Crippen LogP contribution in [0.5, 0.6) is 0 Å². The van der Waals surface area contributed by atoms with E-state index in [-0.39, 0.29) is 5.91 Å². The smallest absolute Gasteiger partial charge is 0.270 e. The monoisotopic (exact) mass is 446 g/mol. The van der Waals surface area contributed by atoms with Gasteiger partial charge in [-0.1, -0.05) is 36.2 Å². The lowest BCUT2D eigenvalue weighted by atomic mass is 10.1. The molecule has 0 radical (unpaired) electrons. The summed E-state index contributed by atoms with van der Waals surface area (Å²) < 4.78 is 7.17. The Morgan fingerprint density at radius 2 is 1.97 bits per heavy atom. The maximum Gasteiger partial charge on any atom is 0.270 e. The molecule has 6 nitrogen and oxygen atoms in total. The zero-order valence-electron chi connectivity index (χ0n) is 17.0. The summed E-state index contributed by atoms with van der Waals surface area (Å²) in [4.78, 5) is 19.8. The van der Waals surface area contributed by atoms with Crippen LogP contribution in [0.4, 0.5) is 5.69 Å². The molecule has 0 aliphatic carbocycles. The molecule has 30 heavy (non-hydrogen) atoms. The first-order valence-electron chi connectivity index (χ1n) is 10.0. The van der Waals surface area contributed by atoms with Crippen molar-refractivity contribution in [2.45, 2.75) is 26.8 Å². The number of rotatable bonds is 5. The first-order chi connectivity index (χ1) is 14.5. The molecular formula is C22H24Cl2N4O2. The van der Waals surface area contributed by atoms with Crippen LogP contribution in [-0.4, -0.2) is 41.6 Å². The molecule has 1 aromatic carbocycles. The molecule has 3 aromatic rings. The second-order valence-corrected chi connectivity index (χ2v) is 8.12. The number of imidazole rings is 1. The third-order valence-corrected chi connectivity index (χ3v) is 6.17. The van der Waals surface area contributed by atoms with Crippen LogP contribution in [-0.2, 0) is 17.7 Å². The molecule has 1 saturated heterocycles. The highest BCUT2D eigenvalue weighted by Gasteiger charge is 2.20. The van der Waals surface area contributed by atoms with E-state index in [0.717, 1.165) is 40.6 Å². The van der Waals surface area contributed by atoms with Gasteiger partial charge in [0.25, 0.3) is 5.91 Å². The third kappa shape index (κ3) is 4.00. The topological polar surface area (TPSA) is 58.9 Å². The first-order valence-corrected chi connectivity index (χ1v) is 10.8. The summed E-state index contributed by atoms with van der Waals surface area (Å²) in [5.74, 6) is -0.186. The molecule has 0 spiro atoms. The lowest BCUT2D eigenvalue weighted by molar-refractivity contribution is 0.0944. The highest BCUT2D eigenvalue weighted by Crippen LogP contribution is 2.32. The summed E-state index contributed by atoms with van der Waals surface area (Å²) >= 11 is 12.8.